The van der Waals surface area contributed by atoms with Gasteiger partial charge in [0.05, 0.1) is 61.9 Å². The second kappa shape index (κ2) is 14.5. The van der Waals surface area contributed by atoms with Crippen LogP contribution in [-0.4, -0.2) is 17.2 Å². The van der Waals surface area contributed by atoms with E-state index in [0.29, 0.717) is 15.6 Å². The molecule has 0 bridgehead atoms. The molecular formula is C60H40N2OSi. The number of aromatic nitrogens is 2. The molecule has 0 saturated carbocycles. The summed E-state index contributed by atoms with van der Waals surface area (Å²) in [6.07, 6.45) is 0. The highest BCUT2D eigenvalue weighted by Gasteiger charge is 2.42. The predicted molar refractivity (Wildman–Crippen MR) is 271 cm³/mol. The van der Waals surface area contributed by atoms with Gasteiger partial charge in [0.25, 0.3) is 0 Å². The first-order valence-electron chi connectivity index (χ1n) is 30.8. The van der Waals surface area contributed by atoms with Gasteiger partial charge in [-0.25, -0.2) is 0 Å². The van der Waals surface area contributed by atoms with Crippen molar-refractivity contribution >= 4 is 94.4 Å². The van der Waals surface area contributed by atoms with Crippen LogP contribution in [0.15, 0.2) is 247 Å². The fraction of sp³-hybridized carbons (Fsp3) is 0. The van der Waals surface area contributed by atoms with E-state index in [9.17, 15) is 19.2 Å². The van der Waals surface area contributed by atoms with Gasteiger partial charge in [-0.05, 0) is 74.2 Å². The number of benzene rings is 10. The lowest BCUT2D eigenvalue weighted by atomic mass is 10.1. The molecule has 4 heteroatoms. The molecule has 0 N–H and O–H groups in total. The van der Waals surface area contributed by atoms with E-state index in [0.717, 1.165) is 20.3 Å². The molecule has 13 aromatic rings. The van der Waals surface area contributed by atoms with Crippen LogP contribution < -0.4 is 20.7 Å². The average Bonchev–Trinajstić information content (AvgIpc) is 1.57. The van der Waals surface area contributed by atoms with Crippen LogP contribution in [0.1, 0.15) is 28.8 Å². The quantitative estimate of drug-likeness (QED) is 0.116. The first-order valence-corrected chi connectivity index (χ1v) is 22.3. The van der Waals surface area contributed by atoms with Crippen LogP contribution in [0.4, 0.5) is 0 Å². The van der Waals surface area contributed by atoms with E-state index in [1.54, 1.807) is 0 Å². The molecule has 0 aliphatic rings. The Balaban J connectivity index is 1.33. The third kappa shape index (κ3) is 5.33. The zero-order valence-electron chi connectivity index (χ0n) is 54.3. The molecule has 3 aromatic heterocycles. The standard InChI is InChI=1S/C60H40N2OSi/c1-4-20-41(21-5-1)42-22-18-28-46(38-42)64(44-24-6-2-7-25-44,45-26-8-3-9-27-45)47-29-19-23-43(39-47)61-53-34-14-12-32-50(53)52-40-56(60-58(59(52)61)51-33-13-17-37-57(51)63-60)62-54-35-15-10-30-48(54)49-31-11-16-36-55(49)62/h1-40H/i10D,11D,12D,13D,14D,15D,16D,17D,19D,23D,29D,30D,31D,32D,33D,34D,35D,36D,37D,39D,40D. The summed E-state index contributed by atoms with van der Waals surface area (Å²) in [5, 5.41) is -0.661. The van der Waals surface area contributed by atoms with Gasteiger partial charge in [-0.2, -0.15) is 0 Å². The topological polar surface area (TPSA) is 23.0 Å². The van der Waals surface area contributed by atoms with Crippen LogP contribution in [0.5, 0.6) is 0 Å². The maximum Gasteiger partial charge on any atom is 0.179 e. The van der Waals surface area contributed by atoms with Gasteiger partial charge in [-0.3, -0.25) is 0 Å². The number of para-hydroxylation sites is 4. The van der Waals surface area contributed by atoms with E-state index < -0.39 is 207 Å². The van der Waals surface area contributed by atoms with Crippen molar-refractivity contribution in [3.05, 3.63) is 242 Å². The van der Waals surface area contributed by atoms with E-state index in [-0.39, 0.29) is 10.6 Å². The van der Waals surface area contributed by atoms with E-state index in [2.05, 4.69) is 0 Å². The highest BCUT2D eigenvalue weighted by Crippen LogP contribution is 2.45. The lowest BCUT2D eigenvalue weighted by molar-refractivity contribution is 0.666. The van der Waals surface area contributed by atoms with Crippen molar-refractivity contribution in [1.82, 2.24) is 9.13 Å². The lowest BCUT2D eigenvalue weighted by Crippen LogP contribution is -2.74. The Morgan fingerprint density at radius 2 is 0.938 bits per heavy atom. The van der Waals surface area contributed by atoms with Crippen molar-refractivity contribution in [3.63, 3.8) is 0 Å². The Morgan fingerprint density at radius 1 is 0.406 bits per heavy atom. The minimum absolute atomic E-state index is 0.0339. The van der Waals surface area contributed by atoms with Crippen LogP contribution in [0, 0.1) is 0 Å². The second-order valence-corrected chi connectivity index (χ2v) is 18.9. The molecule has 0 fully saturated rings. The highest BCUT2D eigenvalue weighted by atomic mass is 28.3. The summed E-state index contributed by atoms with van der Waals surface area (Å²) in [6, 6.07) is 19.5. The molecule has 3 nitrogen and oxygen atoms in total. The molecule has 0 aliphatic carbocycles. The fourth-order valence-electron chi connectivity index (χ4n) is 9.27. The van der Waals surface area contributed by atoms with Crippen molar-refractivity contribution < 1.29 is 33.2 Å². The van der Waals surface area contributed by atoms with Gasteiger partial charge in [0.15, 0.2) is 13.7 Å². The van der Waals surface area contributed by atoms with Crippen LogP contribution in [0.3, 0.4) is 0 Å². The summed E-state index contributed by atoms with van der Waals surface area (Å²) in [4.78, 5) is 0. The number of fused-ring (bicyclic) bond motifs is 10. The largest absolute Gasteiger partial charge is 0.454 e. The van der Waals surface area contributed by atoms with Crippen LogP contribution in [0.2, 0.25) is 0 Å². The molecule has 0 unspecified atom stereocenters. The number of nitrogens with zero attached hydrogens (tertiary/aromatic N) is 2. The van der Waals surface area contributed by atoms with Gasteiger partial charge >= 0.3 is 0 Å². The monoisotopic (exact) mass is 853 g/mol. The molecule has 0 amide bonds. The minimum Gasteiger partial charge on any atom is -0.454 e. The van der Waals surface area contributed by atoms with Crippen molar-refractivity contribution in [2.75, 3.05) is 0 Å². The Kier molecular flexibility index (Phi) is 4.80. The third-order valence-corrected chi connectivity index (χ3v) is 16.5. The number of hydrogen-bond acceptors (Lipinski definition) is 1. The smallest absolute Gasteiger partial charge is 0.179 e. The molecule has 300 valence electrons. The zero-order valence-corrected chi connectivity index (χ0v) is 34.3. The van der Waals surface area contributed by atoms with Crippen LogP contribution in [-0.2, 0) is 0 Å². The van der Waals surface area contributed by atoms with Gasteiger partial charge < -0.3 is 13.6 Å². The van der Waals surface area contributed by atoms with Crippen LogP contribution in [0.25, 0.3) is 88.1 Å². The van der Waals surface area contributed by atoms with E-state index in [1.807, 2.05) is 115 Å². The number of rotatable bonds is 7. The number of hydrogen-bond donors (Lipinski definition) is 0. The SMILES string of the molecule is [2H]c1c([2H])c(-n2c3c([2H])c([2H])c([2H])c([2H])c3c3c([2H])c(-n4c5c([2H])c([2H])c([2H])c([2H])c5c5c([2H])c([2H])c([2H])c([2H])c54)c4oc5c([2H])c([2H])c([2H])c([2H])c5c4c32)c([2H])c([Si](c2ccccc2)(c2ccccc2)c2cccc(-c3ccccc3)c2)c1[2H]. The summed E-state index contributed by atoms with van der Waals surface area (Å²) in [5.74, 6) is 0. The molecule has 0 radical (unpaired) electrons. The van der Waals surface area contributed by atoms with Crippen molar-refractivity contribution in [1.29, 1.82) is 0 Å². The summed E-state index contributed by atoms with van der Waals surface area (Å²) in [6.45, 7) is 0. The Bertz CT molecular complexity index is 5030. The van der Waals surface area contributed by atoms with Crippen LogP contribution >= 0.6 is 0 Å². The molecular weight excluding hydrogens is 793 g/mol. The van der Waals surface area contributed by atoms with E-state index in [4.69, 9.17) is 14.0 Å². The Hall–Kier alpha value is -8.18. The van der Waals surface area contributed by atoms with E-state index >= 15 is 0 Å². The Morgan fingerprint density at radius 3 is 1.59 bits per heavy atom. The van der Waals surface area contributed by atoms with Gasteiger partial charge in [0.1, 0.15) is 5.58 Å². The Labute approximate surface area is 400 Å². The summed E-state index contributed by atoms with van der Waals surface area (Å²) in [7, 11) is -4.22. The molecule has 3 heterocycles. The van der Waals surface area contributed by atoms with E-state index in [1.165, 1.54) is 0 Å². The second-order valence-electron chi connectivity index (χ2n) is 15.2. The molecule has 0 spiro atoms. The third-order valence-electron chi connectivity index (χ3n) is 11.9. The van der Waals surface area contributed by atoms with Crippen molar-refractivity contribution in [2.45, 2.75) is 0 Å². The summed E-state index contributed by atoms with van der Waals surface area (Å²) in [5.41, 5.74) is -2.53. The first-order chi connectivity index (χ1) is 40.5. The fourth-order valence-corrected chi connectivity index (χ4v) is 13.8. The van der Waals surface area contributed by atoms with Gasteiger partial charge in [0, 0.05) is 32.6 Å². The van der Waals surface area contributed by atoms with Gasteiger partial charge in [-0.1, -0.05) is 200 Å². The maximum absolute atomic E-state index is 10.9. The molecule has 0 saturated heterocycles. The van der Waals surface area contributed by atoms with Gasteiger partial charge in [-0.15, -0.1) is 0 Å². The molecule has 13 rings (SSSR count). The summed E-state index contributed by atoms with van der Waals surface area (Å²) < 4.78 is 207. The van der Waals surface area contributed by atoms with Crippen molar-refractivity contribution in [2.24, 2.45) is 0 Å². The van der Waals surface area contributed by atoms with Gasteiger partial charge in [0.2, 0.25) is 0 Å². The average molecular weight is 854 g/mol. The highest BCUT2D eigenvalue weighted by molar-refractivity contribution is 7.20. The lowest BCUT2D eigenvalue weighted by Gasteiger charge is -2.35. The molecule has 64 heavy (non-hydrogen) atoms. The first kappa shape index (κ1) is 21.3. The normalized spacial score (nSPS) is 16.7. The molecule has 10 aromatic carbocycles. The minimum atomic E-state index is -4.22. The zero-order chi connectivity index (χ0) is 60.5. The molecule has 0 atom stereocenters. The molecule has 0 aliphatic heterocycles. The summed E-state index contributed by atoms with van der Waals surface area (Å²) >= 11 is 0. The maximum atomic E-state index is 10.9. The van der Waals surface area contributed by atoms with Crippen molar-refractivity contribution in [3.8, 4) is 22.5 Å². The predicted octanol–water partition coefficient (Wildman–Crippen LogP) is 12.8. The number of furan rings is 1.